The molecule has 0 aliphatic rings. The molecular formula is C15H16N2O4S. The van der Waals surface area contributed by atoms with Crippen LogP contribution in [0.15, 0.2) is 42.5 Å². The number of anilines is 1. The Morgan fingerprint density at radius 3 is 2.32 bits per heavy atom. The minimum absolute atomic E-state index is 0.126. The molecule has 0 atom stereocenters. The fourth-order valence-electron chi connectivity index (χ4n) is 2.23. The predicted octanol–water partition coefficient (Wildman–Crippen LogP) is 3.15. The van der Waals surface area contributed by atoms with Gasteiger partial charge in [0.05, 0.1) is 10.7 Å². The number of benzene rings is 2. The molecule has 116 valence electrons. The van der Waals surface area contributed by atoms with Crippen LogP contribution in [0.1, 0.15) is 16.7 Å². The van der Waals surface area contributed by atoms with Crippen LogP contribution in [0.5, 0.6) is 0 Å². The largest absolute Gasteiger partial charge is 0.283 e. The van der Waals surface area contributed by atoms with Crippen molar-refractivity contribution in [3.63, 3.8) is 0 Å². The zero-order valence-electron chi connectivity index (χ0n) is 12.2. The molecule has 1 N–H and O–H groups in total. The standard InChI is InChI=1S/C15H16N2O4S/c1-11-6-12(2)8-14(7-11)16-22(20,21)10-13-4-3-5-15(9-13)17(18)19/h3-9,16H,10H2,1-2H3. The predicted molar refractivity (Wildman–Crippen MR) is 85.3 cm³/mol. The first-order chi connectivity index (χ1) is 10.2. The molecule has 0 aliphatic heterocycles. The van der Waals surface area contributed by atoms with Crippen molar-refractivity contribution in [2.24, 2.45) is 0 Å². The number of sulfonamides is 1. The molecule has 0 heterocycles. The molecule has 0 saturated heterocycles. The van der Waals surface area contributed by atoms with Crippen molar-refractivity contribution in [1.29, 1.82) is 0 Å². The summed E-state index contributed by atoms with van der Waals surface area (Å²) in [6, 6.07) is 11.0. The van der Waals surface area contributed by atoms with E-state index in [9.17, 15) is 18.5 Å². The van der Waals surface area contributed by atoms with Gasteiger partial charge in [-0.15, -0.1) is 0 Å². The summed E-state index contributed by atoms with van der Waals surface area (Å²) in [6.45, 7) is 3.76. The summed E-state index contributed by atoms with van der Waals surface area (Å²) in [4.78, 5) is 10.2. The highest BCUT2D eigenvalue weighted by molar-refractivity contribution is 7.91. The van der Waals surface area contributed by atoms with Gasteiger partial charge in [-0.3, -0.25) is 14.8 Å². The van der Waals surface area contributed by atoms with E-state index in [0.29, 0.717) is 11.3 Å². The lowest BCUT2D eigenvalue weighted by atomic mass is 10.1. The number of hydrogen-bond donors (Lipinski definition) is 1. The molecule has 7 heteroatoms. The van der Waals surface area contributed by atoms with Crippen molar-refractivity contribution in [1.82, 2.24) is 0 Å². The van der Waals surface area contributed by atoms with Crippen LogP contribution in [-0.2, 0) is 15.8 Å². The Balaban J connectivity index is 2.20. The molecule has 2 rings (SSSR count). The summed E-state index contributed by atoms with van der Waals surface area (Å²) in [6.07, 6.45) is 0. The van der Waals surface area contributed by atoms with Crippen molar-refractivity contribution < 1.29 is 13.3 Å². The van der Waals surface area contributed by atoms with E-state index in [-0.39, 0.29) is 11.4 Å². The zero-order chi connectivity index (χ0) is 16.3. The van der Waals surface area contributed by atoms with E-state index in [1.54, 1.807) is 18.2 Å². The highest BCUT2D eigenvalue weighted by atomic mass is 32.2. The Labute approximate surface area is 129 Å². The van der Waals surface area contributed by atoms with Crippen LogP contribution in [-0.4, -0.2) is 13.3 Å². The number of nitro benzene ring substituents is 1. The first kappa shape index (κ1) is 16.0. The topological polar surface area (TPSA) is 89.3 Å². The average Bonchev–Trinajstić information content (AvgIpc) is 2.36. The molecule has 0 radical (unpaired) electrons. The Kier molecular flexibility index (Phi) is 4.46. The monoisotopic (exact) mass is 320 g/mol. The lowest BCUT2D eigenvalue weighted by molar-refractivity contribution is -0.384. The summed E-state index contributed by atoms with van der Waals surface area (Å²) in [7, 11) is -3.64. The second kappa shape index (κ2) is 6.15. The molecule has 2 aromatic rings. The van der Waals surface area contributed by atoms with Crippen LogP contribution < -0.4 is 4.72 Å². The van der Waals surface area contributed by atoms with Gasteiger partial charge in [-0.25, -0.2) is 8.42 Å². The Bertz CT molecular complexity index is 796. The van der Waals surface area contributed by atoms with E-state index in [0.717, 1.165) is 11.1 Å². The van der Waals surface area contributed by atoms with Crippen molar-refractivity contribution in [2.45, 2.75) is 19.6 Å². The molecule has 22 heavy (non-hydrogen) atoms. The smallest absolute Gasteiger partial charge is 0.269 e. The van der Waals surface area contributed by atoms with Gasteiger partial charge in [-0.05, 0) is 42.7 Å². The molecule has 0 unspecified atom stereocenters. The molecular weight excluding hydrogens is 304 g/mol. The highest BCUT2D eigenvalue weighted by Crippen LogP contribution is 2.19. The molecule has 0 aliphatic carbocycles. The third-order valence-corrected chi connectivity index (χ3v) is 4.23. The molecule has 0 aromatic heterocycles. The number of rotatable bonds is 5. The van der Waals surface area contributed by atoms with Crippen molar-refractivity contribution in [3.8, 4) is 0 Å². The van der Waals surface area contributed by atoms with Gasteiger partial charge in [0.1, 0.15) is 0 Å². The third kappa shape index (κ3) is 4.29. The number of non-ortho nitro benzene ring substituents is 1. The second-order valence-electron chi connectivity index (χ2n) is 5.16. The Morgan fingerprint density at radius 1 is 1.09 bits per heavy atom. The zero-order valence-corrected chi connectivity index (χ0v) is 13.1. The van der Waals surface area contributed by atoms with E-state index in [2.05, 4.69) is 4.72 Å². The fourth-order valence-corrected chi connectivity index (χ4v) is 3.40. The van der Waals surface area contributed by atoms with Crippen molar-refractivity contribution >= 4 is 21.4 Å². The van der Waals surface area contributed by atoms with Gasteiger partial charge in [-0.2, -0.15) is 0 Å². The van der Waals surface area contributed by atoms with E-state index in [1.165, 1.54) is 18.2 Å². The minimum Gasteiger partial charge on any atom is -0.283 e. The van der Waals surface area contributed by atoms with Crippen LogP contribution in [0.2, 0.25) is 0 Å². The lowest BCUT2D eigenvalue weighted by Crippen LogP contribution is -2.15. The van der Waals surface area contributed by atoms with Crippen LogP contribution in [0, 0.1) is 24.0 Å². The van der Waals surface area contributed by atoms with Gasteiger partial charge >= 0.3 is 0 Å². The quantitative estimate of drug-likeness (QED) is 0.677. The second-order valence-corrected chi connectivity index (χ2v) is 6.89. The maximum Gasteiger partial charge on any atom is 0.269 e. The number of nitrogens with one attached hydrogen (secondary N) is 1. The van der Waals surface area contributed by atoms with Gasteiger partial charge in [0, 0.05) is 17.8 Å². The van der Waals surface area contributed by atoms with E-state index in [4.69, 9.17) is 0 Å². The van der Waals surface area contributed by atoms with Crippen molar-refractivity contribution in [2.75, 3.05) is 4.72 Å². The van der Waals surface area contributed by atoms with Crippen molar-refractivity contribution in [3.05, 3.63) is 69.3 Å². The summed E-state index contributed by atoms with van der Waals surface area (Å²) in [5.74, 6) is -0.318. The van der Waals surface area contributed by atoms with Gasteiger partial charge in [0.2, 0.25) is 10.0 Å². The Morgan fingerprint density at radius 2 is 1.73 bits per heavy atom. The maximum atomic E-state index is 12.2. The molecule has 0 fully saturated rings. The van der Waals surface area contributed by atoms with Gasteiger partial charge < -0.3 is 0 Å². The van der Waals surface area contributed by atoms with Crippen LogP contribution >= 0.6 is 0 Å². The first-order valence-corrected chi connectivity index (χ1v) is 8.22. The van der Waals surface area contributed by atoms with Crippen LogP contribution in [0.3, 0.4) is 0 Å². The number of hydrogen-bond acceptors (Lipinski definition) is 4. The van der Waals surface area contributed by atoms with Crippen LogP contribution in [0.25, 0.3) is 0 Å². The molecule has 0 spiro atoms. The van der Waals surface area contributed by atoms with Gasteiger partial charge in [0.15, 0.2) is 0 Å². The fraction of sp³-hybridized carbons (Fsp3) is 0.200. The SMILES string of the molecule is Cc1cc(C)cc(NS(=O)(=O)Cc2cccc([N+](=O)[O-])c2)c1. The summed E-state index contributed by atoms with van der Waals surface area (Å²) >= 11 is 0. The van der Waals surface area contributed by atoms with Gasteiger partial charge in [0.25, 0.3) is 5.69 Å². The van der Waals surface area contributed by atoms with E-state index < -0.39 is 14.9 Å². The number of aryl methyl sites for hydroxylation is 2. The summed E-state index contributed by atoms with van der Waals surface area (Å²) in [5.41, 5.74) is 2.63. The molecule has 0 bridgehead atoms. The first-order valence-electron chi connectivity index (χ1n) is 6.57. The molecule has 2 aromatic carbocycles. The highest BCUT2D eigenvalue weighted by Gasteiger charge is 2.14. The Hall–Kier alpha value is -2.41. The summed E-state index contributed by atoms with van der Waals surface area (Å²) < 4.78 is 26.9. The molecule has 0 saturated carbocycles. The van der Waals surface area contributed by atoms with Crippen LogP contribution in [0.4, 0.5) is 11.4 Å². The number of nitrogens with zero attached hydrogens (tertiary/aromatic N) is 1. The minimum atomic E-state index is -3.64. The maximum absolute atomic E-state index is 12.2. The van der Waals surface area contributed by atoms with Gasteiger partial charge in [-0.1, -0.05) is 18.2 Å². The molecule has 0 amide bonds. The van der Waals surface area contributed by atoms with E-state index in [1.807, 2.05) is 19.9 Å². The third-order valence-electron chi connectivity index (χ3n) is 2.97. The molecule has 6 nitrogen and oxygen atoms in total. The lowest BCUT2D eigenvalue weighted by Gasteiger charge is -2.10. The summed E-state index contributed by atoms with van der Waals surface area (Å²) in [5, 5.41) is 10.7. The van der Waals surface area contributed by atoms with E-state index >= 15 is 0 Å². The number of nitro groups is 1. The normalized spacial score (nSPS) is 11.2. The average molecular weight is 320 g/mol.